The van der Waals surface area contributed by atoms with E-state index in [-0.39, 0.29) is 21.8 Å². The standard InChI is InChI=1S/C19H23F3N4O2S/c1-13(19(20,21)22)16-12-17(26-10-8-23-9-11-26)24-14(2)18(16)25-29(27,28)15-6-4-3-5-7-15/h3-7,12-13,23,25H,8-11H2,1-2H3. The summed E-state index contributed by atoms with van der Waals surface area (Å²) in [6.45, 7) is 5.17. The van der Waals surface area contributed by atoms with E-state index in [1.54, 1.807) is 18.2 Å². The SMILES string of the molecule is Cc1nc(N2CCNCC2)cc(C(C)C(F)(F)F)c1NS(=O)(=O)c1ccccc1. The smallest absolute Gasteiger partial charge is 0.354 e. The van der Waals surface area contributed by atoms with E-state index in [9.17, 15) is 21.6 Å². The molecule has 29 heavy (non-hydrogen) atoms. The van der Waals surface area contributed by atoms with Crippen LogP contribution in [-0.2, 0) is 10.0 Å². The maximum Gasteiger partial charge on any atom is 0.395 e. The molecule has 1 aliphatic heterocycles. The molecule has 0 spiro atoms. The molecule has 0 radical (unpaired) electrons. The van der Waals surface area contributed by atoms with Crippen LogP contribution in [0.4, 0.5) is 24.7 Å². The third-order valence-corrected chi connectivity index (χ3v) is 6.27. The molecule has 10 heteroatoms. The van der Waals surface area contributed by atoms with Crippen molar-refractivity contribution in [1.82, 2.24) is 10.3 Å². The van der Waals surface area contributed by atoms with Gasteiger partial charge in [-0.25, -0.2) is 13.4 Å². The van der Waals surface area contributed by atoms with Gasteiger partial charge in [-0.15, -0.1) is 0 Å². The molecule has 1 aromatic heterocycles. The molecule has 2 N–H and O–H groups in total. The molecule has 1 aromatic carbocycles. The normalized spacial score (nSPS) is 16.5. The average Bonchev–Trinajstić information content (AvgIpc) is 2.69. The van der Waals surface area contributed by atoms with E-state index >= 15 is 0 Å². The van der Waals surface area contributed by atoms with Crippen LogP contribution in [0.3, 0.4) is 0 Å². The molecule has 1 fully saturated rings. The highest BCUT2D eigenvalue weighted by atomic mass is 32.2. The molecular formula is C19H23F3N4O2S. The van der Waals surface area contributed by atoms with Crippen molar-refractivity contribution in [2.24, 2.45) is 0 Å². The van der Waals surface area contributed by atoms with Crippen LogP contribution < -0.4 is 14.9 Å². The van der Waals surface area contributed by atoms with Crippen LogP contribution in [0, 0.1) is 6.92 Å². The Hall–Kier alpha value is -2.33. The third-order valence-electron chi connectivity index (χ3n) is 4.91. The highest BCUT2D eigenvalue weighted by Crippen LogP contribution is 2.40. The Morgan fingerprint density at radius 3 is 2.38 bits per heavy atom. The highest BCUT2D eigenvalue weighted by molar-refractivity contribution is 7.92. The molecule has 6 nitrogen and oxygen atoms in total. The van der Waals surface area contributed by atoms with Crippen LogP contribution >= 0.6 is 0 Å². The van der Waals surface area contributed by atoms with Crippen molar-refractivity contribution in [1.29, 1.82) is 0 Å². The molecule has 1 saturated heterocycles. The first-order chi connectivity index (χ1) is 13.6. The largest absolute Gasteiger partial charge is 0.395 e. The second-order valence-corrected chi connectivity index (χ2v) is 8.63. The minimum Gasteiger partial charge on any atom is -0.354 e. The van der Waals surface area contributed by atoms with E-state index in [0.717, 1.165) is 6.92 Å². The summed E-state index contributed by atoms with van der Waals surface area (Å²) in [6, 6.07) is 8.86. The number of halogens is 3. The maximum absolute atomic E-state index is 13.6. The number of nitrogens with one attached hydrogen (secondary N) is 2. The lowest BCUT2D eigenvalue weighted by Gasteiger charge is -2.30. The van der Waals surface area contributed by atoms with Gasteiger partial charge >= 0.3 is 6.18 Å². The Kier molecular flexibility index (Phi) is 6.04. The zero-order chi connectivity index (χ0) is 21.2. The van der Waals surface area contributed by atoms with Crippen LogP contribution in [-0.4, -0.2) is 45.8 Å². The van der Waals surface area contributed by atoms with Crippen LogP contribution in [0.15, 0.2) is 41.3 Å². The van der Waals surface area contributed by atoms with Gasteiger partial charge in [0.15, 0.2) is 0 Å². The third kappa shape index (κ3) is 4.81. The summed E-state index contributed by atoms with van der Waals surface area (Å²) < 4.78 is 68.5. The van der Waals surface area contributed by atoms with Gasteiger partial charge in [0.25, 0.3) is 10.0 Å². The topological polar surface area (TPSA) is 74.3 Å². The summed E-state index contributed by atoms with van der Waals surface area (Å²) in [5.74, 6) is -1.45. The number of piperazine rings is 1. The van der Waals surface area contributed by atoms with Gasteiger partial charge in [-0.1, -0.05) is 18.2 Å². The van der Waals surface area contributed by atoms with Gasteiger partial charge in [0, 0.05) is 26.2 Å². The Morgan fingerprint density at radius 1 is 1.17 bits per heavy atom. The fourth-order valence-electron chi connectivity index (χ4n) is 3.18. The van der Waals surface area contributed by atoms with Gasteiger partial charge in [0.2, 0.25) is 0 Å². The quantitative estimate of drug-likeness (QED) is 0.765. The Balaban J connectivity index is 2.07. The number of benzene rings is 1. The maximum atomic E-state index is 13.6. The van der Waals surface area contributed by atoms with E-state index in [1.165, 1.54) is 25.1 Å². The minimum absolute atomic E-state index is 0.0313. The van der Waals surface area contributed by atoms with Crippen molar-refractivity contribution in [3.63, 3.8) is 0 Å². The predicted molar refractivity (Wildman–Crippen MR) is 106 cm³/mol. The molecule has 1 aliphatic rings. The summed E-state index contributed by atoms with van der Waals surface area (Å²) in [7, 11) is -4.06. The summed E-state index contributed by atoms with van der Waals surface area (Å²) in [4.78, 5) is 6.27. The van der Waals surface area contributed by atoms with Gasteiger partial charge < -0.3 is 10.2 Å². The molecule has 0 saturated carbocycles. The number of aryl methyl sites for hydroxylation is 1. The molecule has 1 atom stereocenters. The number of alkyl halides is 3. The fraction of sp³-hybridized carbons (Fsp3) is 0.421. The number of hydrogen-bond donors (Lipinski definition) is 2. The van der Waals surface area contributed by atoms with E-state index in [2.05, 4.69) is 15.0 Å². The Labute approximate surface area is 168 Å². The molecule has 0 aliphatic carbocycles. The van der Waals surface area contributed by atoms with Crippen molar-refractivity contribution in [2.45, 2.75) is 30.8 Å². The molecule has 0 amide bonds. The number of rotatable bonds is 5. The molecular weight excluding hydrogens is 405 g/mol. The second kappa shape index (κ2) is 8.19. The van der Waals surface area contributed by atoms with Crippen molar-refractivity contribution >= 4 is 21.5 Å². The summed E-state index contributed by atoms with van der Waals surface area (Å²) in [5, 5.41) is 3.18. The number of aromatic nitrogens is 1. The molecule has 0 bridgehead atoms. The fourth-order valence-corrected chi connectivity index (χ4v) is 4.35. The summed E-state index contributed by atoms with van der Waals surface area (Å²) in [6.07, 6.45) is -4.53. The van der Waals surface area contributed by atoms with Crippen LogP contribution in [0.2, 0.25) is 0 Å². The Morgan fingerprint density at radius 2 is 1.79 bits per heavy atom. The summed E-state index contributed by atoms with van der Waals surface area (Å²) >= 11 is 0. The second-order valence-electron chi connectivity index (χ2n) is 6.95. The van der Waals surface area contributed by atoms with Crippen molar-refractivity contribution in [3.8, 4) is 0 Å². The van der Waals surface area contributed by atoms with Crippen molar-refractivity contribution in [2.75, 3.05) is 35.8 Å². The zero-order valence-corrected chi connectivity index (χ0v) is 16.9. The lowest BCUT2D eigenvalue weighted by Crippen LogP contribution is -2.44. The van der Waals surface area contributed by atoms with Crippen molar-refractivity contribution < 1.29 is 21.6 Å². The van der Waals surface area contributed by atoms with Gasteiger partial charge in [-0.05, 0) is 37.6 Å². The van der Waals surface area contributed by atoms with E-state index in [4.69, 9.17) is 0 Å². The number of hydrogen-bond acceptors (Lipinski definition) is 5. The lowest BCUT2D eigenvalue weighted by atomic mass is 9.98. The van der Waals surface area contributed by atoms with Gasteiger partial charge in [-0.2, -0.15) is 13.2 Å². The first kappa shape index (κ1) is 21.4. The summed E-state index contributed by atoms with van der Waals surface area (Å²) in [5.41, 5.74) is -0.0674. The van der Waals surface area contributed by atoms with Gasteiger partial charge in [-0.3, -0.25) is 4.72 Å². The highest BCUT2D eigenvalue weighted by Gasteiger charge is 2.39. The molecule has 3 rings (SSSR count). The number of sulfonamides is 1. The number of nitrogens with zero attached hydrogens (tertiary/aromatic N) is 2. The monoisotopic (exact) mass is 428 g/mol. The van der Waals surface area contributed by atoms with E-state index < -0.39 is 22.1 Å². The van der Waals surface area contributed by atoms with Crippen LogP contribution in [0.5, 0.6) is 0 Å². The molecule has 158 valence electrons. The average molecular weight is 428 g/mol. The van der Waals surface area contributed by atoms with Gasteiger partial charge in [0.05, 0.1) is 22.2 Å². The van der Waals surface area contributed by atoms with Gasteiger partial charge in [0.1, 0.15) is 5.82 Å². The van der Waals surface area contributed by atoms with Crippen molar-refractivity contribution in [3.05, 3.63) is 47.7 Å². The Bertz CT molecular complexity index is 959. The predicted octanol–water partition coefficient (Wildman–Crippen LogP) is 3.27. The number of anilines is 2. The van der Waals surface area contributed by atoms with Crippen LogP contribution in [0.25, 0.3) is 0 Å². The molecule has 2 aromatic rings. The van der Waals surface area contributed by atoms with E-state index in [1.807, 2.05) is 4.90 Å². The lowest BCUT2D eigenvalue weighted by molar-refractivity contribution is -0.146. The first-order valence-electron chi connectivity index (χ1n) is 9.21. The molecule has 1 unspecified atom stereocenters. The first-order valence-corrected chi connectivity index (χ1v) is 10.7. The van der Waals surface area contributed by atoms with Crippen LogP contribution in [0.1, 0.15) is 24.1 Å². The zero-order valence-electron chi connectivity index (χ0n) is 16.1. The van der Waals surface area contributed by atoms with E-state index in [0.29, 0.717) is 32.0 Å². The minimum atomic E-state index is -4.53. The number of pyridine rings is 1. The molecule has 2 heterocycles.